The summed E-state index contributed by atoms with van der Waals surface area (Å²) >= 11 is 0. The van der Waals surface area contributed by atoms with Crippen molar-refractivity contribution in [3.63, 3.8) is 0 Å². The summed E-state index contributed by atoms with van der Waals surface area (Å²) in [5.41, 5.74) is 1.43. The van der Waals surface area contributed by atoms with Crippen molar-refractivity contribution < 1.29 is 23.9 Å². The van der Waals surface area contributed by atoms with Gasteiger partial charge >= 0.3 is 7.12 Å². The van der Waals surface area contributed by atoms with Crippen LogP contribution >= 0.6 is 0 Å². The summed E-state index contributed by atoms with van der Waals surface area (Å²) in [6, 6.07) is 40.4. The van der Waals surface area contributed by atoms with Gasteiger partial charge in [0.1, 0.15) is 23.4 Å². The molecule has 222 valence electrons. The van der Waals surface area contributed by atoms with Gasteiger partial charge in [-0.1, -0.05) is 141 Å². The number of ether oxygens (including phenoxy) is 2. The Labute approximate surface area is 256 Å². The fraction of sp³-hybridized carbons (Fsp3) is 0.297. The summed E-state index contributed by atoms with van der Waals surface area (Å²) in [5.74, 6) is -0.548. The molecular weight excluding hydrogens is 535 g/mol. The van der Waals surface area contributed by atoms with Crippen molar-refractivity contribution in [2.45, 2.75) is 49.2 Å². The quantitative estimate of drug-likeness (QED) is 0.145. The Kier molecular flexibility index (Phi) is 9.65. The molecule has 0 aliphatic carbocycles. The normalized spacial score (nSPS) is 18.9. The van der Waals surface area contributed by atoms with Crippen molar-refractivity contribution in [1.29, 1.82) is 0 Å². The summed E-state index contributed by atoms with van der Waals surface area (Å²) in [5, 5.41) is 11.3. The molecule has 0 amide bonds. The zero-order chi connectivity index (χ0) is 30.5. The molecular formula is C37H41BO5. The van der Waals surface area contributed by atoms with Crippen molar-refractivity contribution in [2.24, 2.45) is 5.92 Å². The fourth-order valence-electron chi connectivity index (χ4n) is 6.56. The molecule has 5 nitrogen and oxygen atoms in total. The molecule has 1 aliphatic heterocycles. The molecule has 5 rings (SSSR count). The van der Waals surface area contributed by atoms with Gasteiger partial charge in [-0.25, -0.2) is 0 Å². The molecule has 0 aromatic heterocycles. The van der Waals surface area contributed by atoms with Crippen LogP contribution in [0.2, 0.25) is 5.82 Å². The summed E-state index contributed by atoms with van der Waals surface area (Å²) in [6.07, 6.45) is -0.463. The smallest absolute Gasteiger partial charge is 0.401 e. The molecule has 4 atom stereocenters. The molecule has 1 aliphatic rings. The third kappa shape index (κ3) is 5.50. The molecule has 0 saturated carbocycles. The van der Waals surface area contributed by atoms with Gasteiger partial charge < -0.3 is 23.9 Å². The number of methoxy groups -OCH3 is 2. The average molecular weight is 577 g/mol. The van der Waals surface area contributed by atoms with Crippen LogP contribution in [-0.4, -0.2) is 44.8 Å². The van der Waals surface area contributed by atoms with Gasteiger partial charge in [0.2, 0.25) is 0 Å². The third-order valence-electron chi connectivity index (χ3n) is 8.76. The van der Waals surface area contributed by atoms with E-state index >= 15 is 0 Å². The average Bonchev–Trinajstić information content (AvgIpc) is 3.50. The molecule has 1 saturated heterocycles. The van der Waals surface area contributed by atoms with Gasteiger partial charge in [0, 0.05) is 20.0 Å². The predicted octanol–water partition coefficient (Wildman–Crippen LogP) is 7.01. The number of hydrogen-bond acceptors (Lipinski definition) is 5. The van der Waals surface area contributed by atoms with E-state index in [1.807, 2.05) is 86.6 Å². The van der Waals surface area contributed by atoms with E-state index in [-0.39, 0.29) is 5.92 Å². The first-order valence-electron chi connectivity index (χ1n) is 14.9. The topological polar surface area (TPSA) is 57.2 Å². The second-order valence-corrected chi connectivity index (χ2v) is 11.4. The highest BCUT2D eigenvalue weighted by Crippen LogP contribution is 2.51. The SMILES string of the molecule is C=C[C@@H](B1O[C@@H](C(OC)(c2ccccc2)c2ccccc2)[C@H](C(OC)(c2ccccc2)c2ccccc2)O1)[C@H](O)C(C)C. The number of aliphatic hydroxyl groups is 1. The summed E-state index contributed by atoms with van der Waals surface area (Å²) < 4.78 is 27.4. The lowest BCUT2D eigenvalue weighted by molar-refractivity contribution is -0.136. The third-order valence-corrected chi connectivity index (χ3v) is 8.76. The first-order chi connectivity index (χ1) is 20.9. The van der Waals surface area contributed by atoms with E-state index in [0.717, 1.165) is 22.3 Å². The maximum Gasteiger partial charge on any atom is 0.467 e. The highest BCUT2D eigenvalue weighted by molar-refractivity contribution is 6.48. The monoisotopic (exact) mass is 576 g/mol. The standard InChI is InChI=1S/C37H41BO5/c1-6-32(33(39)27(2)3)38-42-34(36(40-4,28-19-11-7-12-20-28)29-21-13-8-14-22-29)35(43-38)37(41-5,30-23-15-9-16-24-30)31-25-17-10-18-26-31/h6-27,32-35,39H,1H2,2-5H3/t32-,33-,34-,35-/m1/s1. The van der Waals surface area contributed by atoms with E-state index in [1.54, 1.807) is 20.3 Å². The van der Waals surface area contributed by atoms with Crippen LogP contribution in [0.3, 0.4) is 0 Å². The van der Waals surface area contributed by atoms with Crippen LogP contribution in [0.5, 0.6) is 0 Å². The highest BCUT2D eigenvalue weighted by Gasteiger charge is 2.63. The van der Waals surface area contributed by atoms with Gasteiger partial charge in [0.05, 0.1) is 6.10 Å². The van der Waals surface area contributed by atoms with Gasteiger partial charge in [0.15, 0.2) is 0 Å². The molecule has 1 fully saturated rings. The van der Waals surface area contributed by atoms with Gasteiger partial charge in [-0.15, -0.1) is 6.58 Å². The molecule has 4 aromatic carbocycles. The lowest BCUT2D eigenvalue weighted by atomic mass is 9.66. The van der Waals surface area contributed by atoms with Crippen LogP contribution in [0.25, 0.3) is 0 Å². The lowest BCUT2D eigenvalue weighted by Gasteiger charge is -2.47. The van der Waals surface area contributed by atoms with E-state index < -0.39 is 42.4 Å². The summed E-state index contributed by atoms with van der Waals surface area (Å²) in [6.45, 7) is 8.03. The molecule has 6 heteroatoms. The minimum Gasteiger partial charge on any atom is -0.401 e. The molecule has 0 radical (unpaired) electrons. The lowest BCUT2D eigenvalue weighted by Crippen LogP contribution is -2.56. The van der Waals surface area contributed by atoms with Crippen molar-refractivity contribution in [3.05, 3.63) is 156 Å². The fourth-order valence-corrected chi connectivity index (χ4v) is 6.56. The zero-order valence-corrected chi connectivity index (χ0v) is 25.4. The molecule has 1 heterocycles. The van der Waals surface area contributed by atoms with Crippen molar-refractivity contribution in [3.8, 4) is 0 Å². The minimum absolute atomic E-state index is 0.0430. The Bertz CT molecular complexity index is 1250. The summed E-state index contributed by atoms with van der Waals surface area (Å²) in [7, 11) is 2.59. The number of aliphatic hydroxyl groups excluding tert-OH is 1. The van der Waals surface area contributed by atoms with Crippen molar-refractivity contribution >= 4 is 7.12 Å². The highest BCUT2D eigenvalue weighted by atomic mass is 16.7. The predicted molar refractivity (Wildman–Crippen MR) is 172 cm³/mol. The van der Waals surface area contributed by atoms with Gasteiger partial charge in [-0.05, 0) is 28.2 Å². The van der Waals surface area contributed by atoms with Crippen LogP contribution in [-0.2, 0) is 30.0 Å². The van der Waals surface area contributed by atoms with Crippen LogP contribution in [0.1, 0.15) is 36.1 Å². The Hall–Kier alpha value is -3.52. The first-order valence-corrected chi connectivity index (χ1v) is 14.9. The second-order valence-electron chi connectivity index (χ2n) is 11.4. The maximum atomic E-state index is 11.3. The van der Waals surface area contributed by atoms with Crippen molar-refractivity contribution in [1.82, 2.24) is 0 Å². The van der Waals surface area contributed by atoms with Crippen molar-refractivity contribution in [2.75, 3.05) is 14.2 Å². The van der Waals surface area contributed by atoms with Gasteiger partial charge in [-0.2, -0.15) is 0 Å². The largest absolute Gasteiger partial charge is 0.467 e. The molecule has 1 N–H and O–H groups in total. The Morgan fingerprint density at radius 2 is 0.953 bits per heavy atom. The van der Waals surface area contributed by atoms with Crippen LogP contribution in [0, 0.1) is 5.92 Å². The Morgan fingerprint density at radius 1 is 0.651 bits per heavy atom. The Morgan fingerprint density at radius 3 is 1.19 bits per heavy atom. The van der Waals surface area contributed by atoms with Gasteiger partial charge in [0.25, 0.3) is 0 Å². The van der Waals surface area contributed by atoms with Gasteiger partial charge in [-0.3, -0.25) is 0 Å². The summed E-state index contributed by atoms with van der Waals surface area (Å²) in [4.78, 5) is 0. The molecule has 0 unspecified atom stereocenters. The zero-order valence-electron chi connectivity index (χ0n) is 25.4. The second kappa shape index (κ2) is 13.4. The van der Waals surface area contributed by atoms with Crippen LogP contribution in [0.4, 0.5) is 0 Å². The van der Waals surface area contributed by atoms with E-state index in [0.29, 0.717) is 0 Å². The molecule has 0 bridgehead atoms. The van der Waals surface area contributed by atoms with E-state index in [2.05, 4.69) is 55.1 Å². The molecule has 0 spiro atoms. The van der Waals surface area contributed by atoms with E-state index in [9.17, 15) is 5.11 Å². The number of benzene rings is 4. The van der Waals surface area contributed by atoms with Crippen LogP contribution in [0.15, 0.2) is 134 Å². The van der Waals surface area contributed by atoms with E-state index in [4.69, 9.17) is 18.8 Å². The minimum atomic E-state index is -1.11. The Balaban J connectivity index is 1.82. The molecule has 4 aromatic rings. The number of hydrogen-bond donors (Lipinski definition) is 1. The first kappa shape index (κ1) is 30.9. The molecule has 43 heavy (non-hydrogen) atoms. The van der Waals surface area contributed by atoms with Crippen LogP contribution < -0.4 is 0 Å². The maximum absolute atomic E-state index is 11.3. The van der Waals surface area contributed by atoms with E-state index in [1.165, 1.54) is 0 Å². The number of rotatable bonds is 12.